The van der Waals surface area contributed by atoms with Gasteiger partial charge in [-0.2, -0.15) is 0 Å². The standard InChI is InChI=1S/C54H31N3O2/c1-3-13-32(14-4-1)50-53-51(56-54(55-50)33-15-5-2-6-16-33)44-28-36(24-26-49(44)59-53)41-31-42-37(23-25-40-39-20-10-12-22-48(39)58-52(40)42)30-46(41)57-45-21-11-9-19-38(45)43-27-34-17-7-8-18-35(34)29-47(43)57/h1-31H. The van der Waals surface area contributed by atoms with Gasteiger partial charge < -0.3 is 13.4 Å². The summed E-state index contributed by atoms with van der Waals surface area (Å²) in [5.74, 6) is 0.654. The first-order valence-corrected chi connectivity index (χ1v) is 19.9. The predicted molar refractivity (Wildman–Crippen MR) is 242 cm³/mol. The number of para-hydroxylation sites is 2. The predicted octanol–water partition coefficient (Wildman–Crippen LogP) is 14.7. The summed E-state index contributed by atoms with van der Waals surface area (Å²) < 4.78 is 15.8. The molecule has 4 aromatic heterocycles. The van der Waals surface area contributed by atoms with Crippen molar-refractivity contribution in [3.63, 3.8) is 0 Å². The van der Waals surface area contributed by atoms with Crippen molar-refractivity contribution in [1.82, 2.24) is 14.5 Å². The Bertz CT molecular complexity index is 3840. The van der Waals surface area contributed by atoms with Crippen LogP contribution in [0.15, 0.2) is 197 Å². The molecular formula is C54H31N3O2. The highest BCUT2D eigenvalue weighted by atomic mass is 16.3. The average molecular weight is 754 g/mol. The Balaban J connectivity index is 1.14. The maximum atomic E-state index is 6.69. The summed E-state index contributed by atoms with van der Waals surface area (Å²) in [6, 6.07) is 66.3. The van der Waals surface area contributed by atoms with Gasteiger partial charge in [0.2, 0.25) is 0 Å². The third-order valence-corrected chi connectivity index (χ3v) is 12.0. The molecule has 0 spiro atoms. The van der Waals surface area contributed by atoms with Crippen LogP contribution < -0.4 is 0 Å². The Morgan fingerprint density at radius 3 is 1.92 bits per heavy atom. The normalized spacial score (nSPS) is 12.1. The van der Waals surface area contributed by atoms with Gasteiger partial charge in [0, 0.05) is 49.0 Å². The molecule has 0 N–H and O–H groups in total. The molecule has 13 rings (SSSR count). The first-order chi connectivity index (χ1) is 29.2. The van der Waals surface area contributed by atoms with E-state index in [4.69, 9.17) is 18.8 Å². The van der Waals surface area contributed by atoms with Crippen molar-refractivity contribution in [3.8, 4) is 39.5 Å². The molecule has 4 heterocycles. The minimum atomic E-state index is 0.654. The van der Waals surface area contributed by atoms with Crippen molar-refractivity contribution in [2.45, 2.75) is 0 Å². The number of fused-ring (bicyclic) bond motifs is 12. The maximum absolute atomic E-state index is 6.69. The third-order valence-electron chi connectivity index (χ3n) is 12.0. The Kier molecular flexibility index (Phi) is 6.66. The molecule has 274 valence electrons. The van der Waals surface area contributed by atoms with Gasteiger partial charge in [-0.3, -0.25) is 0 Å². The van der Waals surface area contributed by atoms with Crippen LogP contribution in [0.4, 0.5) is 0 Å². The monoisotopic (exact) mass is 753 g/mol. The van der Waals surface area contributed by atoms with E-state index in [0.29, 0.717) is 11.4 Å². The molecule has 0 saturated carbocycles. The molecule has 9 aromatic carbocycles. The van der Waals surface area contributed by atoms with E-state index in [2.05, 4.69) is 144 Å². The van der Waals surface area contributed by atoms with Crippen LogP contribution in [0.2, 0.25) is 0 Å². The fraction of sp³-hybridized carbons (Fsp3) is 0. The second kappa shape index (κ2) is 12.2. The average Bonchev–Trinajstić information content (AvgIpc) is 3.97. The van der Waals surface area contributed by atoms with Gasteiger partial charge in [-0.25, -0.2) is 9.97 Å². The molecule has 0 aliphatic heterocycles. The van der Waals surface area contributed by atoms with E-state index in [1.54, 1.807) is 0 Å². The van der Waals surface area contributed by atoms with E-state index in [9.17, 15) is 0 Å². The van der Waals surface area contributed by atoms with Gasteiger partial charge in [0.05, 0.1) is 16.7 Å². The highest BCUT2D eigenvalue weighted by Gasteiger charge is 2.22. The smallest absolute Gasteiger partial charge is 0.180 e. The Morgan fingerprint density at radius 1 is 0.373 bits per heavy atom. The maximum Gasteiger partial charge on any atom is 0.180 e. The lowest BCUT2D eigenvalue weighted by atomic mass is 9.96. The van der Waals surface area contributed by atoms with Crippen LogP contribution in [0.25, 0.3) is 127 Å². The quantitative estimate of drug-likeness (QED) is 0.180. The van der Waals surface area contributed by atoms with E-state index >= 15 is 0 Å². The Hall–Kier alpha value is -8.02. The molecule has 0 amide bonds. The minimum Gasteiger partial charge on any atom is -0.455 e. The number of hydrogen-bond donors (Lipinski definition) is 0. The summed E-state index contributed by atoms with van der Waals surface area (Å²) in [4.78, 5) is 10.3. The van der Waals surface area contributed by atoms with Crippen molar-refractivity contribution in [3.05, 3.63) is 188 Å². The van der Waals surface area contributed by atoms with Crippen LogP contribution >= 0.6 is 0 Å². The lowest BCUT2D eigenvalue weighted by molar-refractivity contribution is 0.667. The molecular weight excluding hydrogens is 723 g/mol. The molecule has 5 heteroatoms. The van der Waals surface area contributed by atoms with E-state index in [0.717, 1.165) is 93.9 Å². The summed E-state index contributed by atoms with van der Waals surface area (Å²) in [5.41, 5.74) is 12.1. The molecule has 0 unspecified atom stereocenters. The summed E-state index contributed by atoms with van der Waals surface area (Å²) in [7, 11) is 0. The van der Waals surface area contributed by atoms with Gasteiger partial charge in [-0.15, -0.1) is 0 Å². The Morgan fingerprint density at radius 2 is 1.07 bits per heavy atom. The van der Waals surface area contributed by atoms with Crippen molar-refractivity contribution in [2.24, 2.45) is 0 Å². The largest absolute Gasteiger partial charge is 0.455 e. The van der Waals surface area contributed by atoms with Crippen molar-refractivity contribution < 1.29 is 8.83 Å². The lowest BCUT2D eigenvalue weighted by Crippen LogP contribution is -1.98. The number of aromatic nitrogens is 3. The SMILES string of the molecule is c1ccc(-c2nc(-c3ccccc3)c3oc4ccc(-c5cc6c(ccc7c8ccccc8oc67)cc5-n5c6ccccc6c6cc7ccccc7cc65)cc4c3n2)cc1. The van der Waals surface area contributed by atoms with E-state index in [1.807, 2.05) is 48.5 Å². The molecule has 13 aromatic rings. The van der Waals surface area contributed by atoms with Crippen LogP contribution in [0.1, 0.15) is 0 Å². The molecule has 0 aliphatic carbocycles. The second-order valence-corrected chi connectivity index (χ2v) is 15.3. The van der Waals surface area contributed by atoms with Crippen LogP contribution in [-0.2, 0) is 0 Å². The molecule has 59 heavy (non-hydrogen) atoms. The summed E-state index contributed by atoms with van der Waals surface area (Å²) in [5, 5.41) is 10.1. The zero-order valence-corrected chi connectivity index (χ0v) is 31.6. The van der Waals surface area contributed by atoms with Gasteiger partial charge >= 0.3 is 0 Å². The molecule has 0 bridgehead atoms. The van der Waals surface area contributed by atoms with E-state index in [1.165, 1.54) is 21.5 Å². The topological polar surface area (TPSA) is 57.0 Å². The summed E-state index contributed by atoms with van der Waals surface area (Å²) in [6.45, 7) is 0. The molecule has 0 saturated heterocycles. The zero-order chi connectivity index (χ0) is 38.6. The van der Waals surface area contributed by atoms with Crippen LogP contribution in [0.5, 0.6) is 0 Å². The fourth-order valence-corrected chi connectivity index (χ4v) is 9.19. The van der Waals surface area contributed by atoms with E-state index < -0.39 is 0 Å². The zero-order valence-electron chi connectivity index (χ0n) is 31.6. The summed E-state index contributed by atoms with van der Waals surface area (Å²) in [6.07, 6.45) is 0. The molecule has 0 fully saturated rings. The molecule has 0 atom stereocenters. The number of furan rings is 2. The third kappa shape index (κ3) is 4.79. The van der Waals surface area contributed by atoms with Gasteiger partial charge in [0.15, 0.2) is 11.4 Å². The number of hydrogen-bond acceptors (Lipinski definition) is 4. The van der Waals surface area contributed by atoms with Crippen molar-refractivity contribution in [1.29, 1.82) is 0 Å². The van der Waals surface area contributed by atoms with Crippen LogP contribution in [0.3, 0.4) is 0 Å². The van der Waals surface area contributed by atoms with Crippen molar-refractivity contribution >= 4 is 87.4 Å². The first kappa shape index (κ1) is 32.1. The van der Waals surface area contributed by atoms with Gasteiger partial charge in [0.25, 0.3) is 0 Å². The summed E-state index contributed by atoms with van der Waals surface area (Å²) >= 11 is 0. The molecule has 5 nitrogen and oxygen atoms in total. The van der Waals surface area contributed by atoms with Crippen LogP contribution in [-0.4, -0.2) is 14.5 Å². The number of nitrogens with zero attached hydrogens (tertiary/aromatic N) is 3. The van der Waals surface area contributed by atoms with Gasteiger partial charge in [0.1, 0.15) is 28.0 Å². The van der Waals surface area contributed by atoms with Gasteiger partial charge in [-0.1, -0.05) is 133 Å². The Labute approximate surface area is 337 Å². The molecule has 0 aliphatic rings. The van der Waals surface area contributed by atoms with Gasteiger partial charge in [-0.05, 0) is 76.3 Å². The highest BCUT2D eigenvalue weighted by molar-refractivity contribution is 6.18. The second-order valence-electron chi connectivity index (χ2n) is 15.3. The number of benzene rings is 9. The molecule has 0 radical (unpaired) electrons. The first-order valence-electron chi connectivity index (χ1n) is 19.9. The number of rotatable bonds is 4. The van der Waals surface area contributed by atoms with Crippen molar-refractivity contribution in [2.75, 3.05) is 0 Å². The lowest BCUT2D eigenvalue weighted by Gasteiger charge is -2.16. The van der Waals surface area contributed by atoms with Crippen LogP contribution in [0, 0.1) is 0 Å². The fourth-order valence-electron chi connectivity index (χ4n) is 9.19. The minimum absolute atomic E-state index is 0.654. The highest BCUT2D eigenvalue weighted by Crippen LogP contribution is 2.44. The van der Waals surface area contributed by atoms with E-state index in [-0.39, 0.29) is 0 Å².